The number of fused-ring (bicyclic) bond motifs is 3. The lowest BCUT2D eigenvalue weighted by Crippen LogP contribution is -2.18. The van der Waals surface area contributed by atoms with Crippen molar-refractivity contribution in [2.75, 3.05) is 0 Å². The summed E-state index contributed by atoms with van der Waals surface area (Å²) in [5, 5.41) is 9.36. The first-order chi connectivity index (χ1) is 12.6. The number of benzene rings is 2. The molecule has 0 atom stereocenters. The van der Waals surface area contributed by atoms with E-state index in [1.54, 1.807) is 35.8 Å². The number of ketones is 1. The molecule has 3 aromatic rings. The number of carbonyl (C=O) groups excluding carboxylic acids is 2. The van der Waals surface area contributed by atoms with Crippen LogP contribution < -0.4 is 5.48 Å². The van der Waals surface area contributed by atoms with E-state index >= 15 is 0 Å². The number of amides is 1. The number of hydrogen-bond donors (Lipinski definition) is 2. The highest BCUT2D eigenvalue weighted by atomic mass is 19.1. The van der Waals surface area contributed by atoms with E-state index in [-0.39, 0.29) is 11.6 Å². The summed E-state index contributed by atoms with van der Waals surface area (Å²) in [6.45, 7) is 0.520. The van der Waals surface area contributed by atoms with Gasteiger partial charge in [0, 0.05) is 40.7 Å². The molecule has 1 aliphatic carbocycles. The molecular formula is C20H17FN2O3. The SMILES string of the molecule is O=C(NO)c1ccc(Cn2c3c(c4cc(F)ccc42)C(=O)CCC3)cc1. The predicted molar refractivity (Wildman–Crippen MR) is 94.0 cm³/mol. The quantitative estimate of drug-likeness (QED) is 0.560. The molecule has 0 saturated heterocycles. The van der Waals surface area contributed by atoms with E-state index in [0.717, 1.165) is 29.6 Å². The fourth-order valence-electron chi connectivity index (χ4n) is 3.68. The maximum absolute atomic E-state index is 13.7. The van der Waals surface area contributed by atoms with E-state index in [9.17, 15) is 14.0 Å². The van der Waals surface area contributed by atoms with Crippen molar-refractivity contribution in [1.29, 1.82) is 0 Å². The number of carbonyl (C=O) groups is 2. The molecule has 1 aromatic heterocycles. The van der Waals surface area contributed by atoms with Crippen LogP contribution in [0, 0.1) is 5.82 Å². The van der Waals surface area contributed by atoms with Gasteiger partial charge >= 0.3 is 0 Å². The molecule has 5 nitrogen and oxygen atoms in total. The van der Waals surface area contributed by atoms with Gasteiger partial charge in [-0.2, -0.15) is 0 Å². The number of nitrogens with one attached hydrogen (secondary N) is 1. The van der Waals surface area contributed by atoms with Crippen LogP contribution in [0.1, 0.15) is 44.8 Å². The summed E-state index contributed by atoms with van der Waals surface area (Å²) < 4.78 is 15.8. The average molecular weight is 352 g/mol. The van der Waals surface area contributed by atoms with E-state index in [1.165, 1.54) is 12.1 Å². The van der Waals surface area contributed by atoms with Crippen LogP contribution in [-0.4, -0.2) is 21.5 Å². The molecule has 0 radical (unpaired) electrons. The molecule has 0 unspecified atom stereocenters. The van der Waals surface area contributed by atoms with Gasteiger partial charge in [0.2, 0.25) is 0 Å². The molecule has 2 N–H and O–H groups in total. The second-order valence-corrected chi connectivity index (χ2v) is 6.48. The second kappa shape index (κ2) is 6.38. The summed E-state index contributed by atoms with van der Waals surface area (Å²) in [6, 6.07) is 11.4. The number of nitrogens with zero attached hydrogens (tertiary/aromatic N) is 1. The molecule has 1 aliphatic rings. The Labute approximate surface area is 149 Å². The van der Waals surface area contributed by atoms with E-state index < -0.39 is 5.91 Å². The molecule has 132 valence electrons. The minimum absolute atomic E-state index is 0.0653. The second-order valence-electron chi connectivity index (χ2n) is 6.48. The smallest absolute Gasteiger partial charge is 0.274 e. The van der Waals surface area contributed by atoms with E-state index in [0.29, 0.717) is 29.5 Å². The zero-order valence-electron chi connectivity index (χ0n) is 14.0. The van der Waals surface area contributed by atoms with Crippen molar-refractivity contribution in [1.82, 2.24) is 10.0 Å². The Morgan fingerprint density at radius 2 is 1.92 bits per heavy atom. The number of Topliss-reactive ketones (excluding diaryl/α,β-unsaturated/α-hetero) is 1. The molecule has 6 heteroatoms. The van der Waals surface area contributed by atoms with E-state index in [4.69, 9.17) is 5.21 Å². The van der Waals surface area contributed by atoms with Crippen LogP contribution in [0.25, 0.3) is 10.9 Å². The number of rotatable bonds is 3. The molecule has 1 heterocycles. The summed E-state index contributed by atoms with van der Waals surface area (Å²) in [5.74, 6) is -0.854. The Balaban J connectivity index is 1.79. The summed E-state index contributed by atoms with van der Waals surface area (Å²) in [7, 11) is 0. The van der Waals surface area contributed by atoms with Gasteiger partial charge in [0.1, 0.15) is 5.82 Å². The third-order valence-corrected chi connectivity index (χ3v) is 4.89. The molecule has 0 fully saturated rings. The molecule has 0 bridgehead atoms. The third-order valence-electron chi connectivity index (χ3n) is 4.89. The van der Waals surface area contributed by atoms with Gasteiger partial charge in [0.15, 0.2) is 5.78 Å². The molecule has 4 rings (SSSR count). The van der Waals surface area contributed by atoms with E-state index in [1.807, 2.05) is 0 Å². The van der Waals surface area contributed by atoms with Crippen LogP contribution in [0.5, 0.6) is 0 Å². The lowest BCUT2D eigenvalue weighted by atomic mass is 9.94. The number of halogens is 1. The van der Waals surface area contributed by atoms with Crippen molar-refractivity contribution < 1.29 is 19.2 Å². The van der Waals surface area contributed by atoms with Crippen molar-refractivity contribution in [2.45, 2.75) is 25.8 Å². The fraction of sp³-hybridized carbons (Fsp3) is 0.200. The number of hydrogen-bond acceptors (Lipinski definition) is 3. The van der Waals surface area contributed by atoms with Gasteiger partial charge in [-0.3, -0.25) is 14.8 Å². The normalized spacial score (nSPS) is 13.7. The number of aromatic nitrogens is 1. The van der Waals surface area contributed by atoms with Gasteiger partial charge in [0.05, 0.1) is 0 Å². The summed E-state index contributed by atoms with van der Waals surface area (Å²) in [5.41, 5.74) is 5.33. The molecule has 0 saturated carbocycles. The Morgan fingerprint density at radius 3 is 2.65 bits per heavy atom. The first-order valence-electron chi connectivity index (χ1n) is 8.45. The van der Waals surface area contributed by atoms with E-state index in [2.05, 4.69) is 4.57 Å². The van der Waals surface area contributed by atoms with Gasteiger partial charge in [-0.25, -0.2) is 9.87 Å². The van der Waals surface area contributed by atoms with Crippen LogP contribution in [-0.2, 0) is 13.0 Å². The molecule has 0 spiro atoms. The average Bonchev–Trinajstić information content (AvgIpc) is 2.96. The van der Waals surface area contributed by atoms with Gasteiger partial charge in [0.25, 0.3) is 5.91 Å². The van der Waals surface area contributed by atoms with Crippen LogP contribution in [0.3, 0.4) is 0 Å². The first kappa shape index (κ1) is 16.5. The maximum Gasteiger partial charge on any atom is 0.274 e. The standard InChI is InChI=1S/C20H17FN2O3/c21-14-8-9-16-15(10-14)19-17(2-1-3-18(19)24)23(16)11-12-4-6-13(7-5-12)20(25)22-26/h4-10,26H,1-3,11H2,(H,22,25). The Hall–Kier alpha value is -2.99. The Bertz CT molecular complexity index is 1020. The van der Waals surface area contributed by atoms with Crippen LogP contribution >= 0.6 is 0 Å². The predicted octanol–water partition coefficient (Wildman–Crippen LogP) is 3.47. The Kier molecular flexibility index (Phi) is 4.05. The molecule has 2 aromatic carbocycles. The zero-order chi connectivity index (χ0) is 18.3. The van der Waals surface area contributed by atoms with Crippen molar-refractivity contribution in [2.24, 2.45) is 0 Å². The highest BCUT2D eigenvalue weighted by molar-refractivity contribution is 6.10. The summed E-state index contributed by atoms with van der Waals surface area (Å²) >= 11 is 0. The molecule has 0 aliphatic heterocycles. The van der Waals surface area contributed by atoms with Crippen molar-refractivity contribution in [3.05, 3.63) is 70.7 Å². The maximum atomic E-state index is 13.7. The summed E-state index contributed by atoms with van der Waals surface area (Å²) in [4.78, 5) is 23.9. The zero-order valence-corrected chi connectivity index (χ0v) is 14.0. The Morgan fingerprint density at radius 1 is 1.15 bits per heavy atom. The van der Waals surface area contributed by atoms with Crippen molar-refractivity contribution in [3.8, 4) is 0 Å². The minimum Gasteiger partial charge on any atom is -0.339 e. The lowest BCUT2D eigenvalue weighted by Gasteiger charge is -2.15. The van der Waals surface area contributed by atoms with Crippen molar-refractivity contribution in [3.63, 3.8) is 0 Å². The molecule has 1 amide bonds. The van der Waals surface area contributed by atoms with Gasteiger partial charge in [-0.1, -0.05) is 12.1 Å². The van der Waals surface area contributed by atoms with Crippen LogP contribution in [0.15, 0.2) is 42.5 Å². The molecule has 26 heavy (non-hydrogen) atoms. The monoisotopic (exact) mass is 352 g/mol. The largest absolute Gasteiger partial charge is 0.339 e. The van der Waals surface area contributed by atoms with Gasteiger partial charge in [-0.05, 0) is 48.7 Å². The fourth-order valence-corrected chi connectivity index (χ4v) is 3.68. The highest BCUT2D eigenvalue weighted by Crippen LogP contribution is 2.33. The van der Waals surface area contributed by atoms with Crippen LogP contribution in [0.2, 0.25) is 0 Å². The lowest BCUT2D eigenvalue weighted by molar-refractivity contribution is 0.0706. The number of hydroxylamine groups is 1. The first-order valence-corrected chi connectivity index (χ1v) is 8.45. The molecular weight excluding hydrogens is 335 g/mol. The highest BCUT2D eigenvalue weighted by Gasteiger charge is 2.26. The van der Waals surface area contributed by atoms with Crippen molar-refractivity contribution >= 4 is 22.6 Å². The minimum atomic E-state index is -0.568. The third kappa shape index (κ3) is 2.68. The summed E-state index contributed by atoms with van der Waals surface area (Å²) in [6.07, 6.45) is 2.07. The van der Waals surface area contributed by atoms with Crippen LogP contribution in [0.4, 0.5) is 4.39 Å². The van der Waals surface area contributed by atoms with Gasteiger partial charge < -0.3 is 4.57 Å². The van der Waals surface area contributed by atoms with Gasteiger partial charge in [-0.15, -0.1) is 0 Å². The topological polar surface area (TPSA) is 71.3 Å².